The summed E-state index contributed by atoms with van der Waals surface area (Å²) < 4.78 is 26.6. The van der Waals surface area contributed by atoms with E-state index < -0.39 is 16.1 Å². The lowest BCUT2D eigenvalue weighted by molar-refractivity contribution is -0.124. The molecule has 98 valence electrons. The molecule has 1 saturated heterocycles. The highest BCUT2D eigenvalue weighted by Crippen LogP contribution is 2.12. The zero-order chi connectivity index (χ0) is 13.2. The van der Waals surface area contributed by atoms with Gasteiger partial charge in [0.2, 0.25) is 15.9 Å². The minimum absolute atomic E-state index is 0.187. The quantitative estimate of drug-likeness (QED) is 0.840. The number of rotatable bonds is 3. The van der Waals surface area contributed by atoms with E-state index in [0.717, 1.165) is 12.0 Å². The molecule has 0 saturated carbocycles. The van der Waals surface area contributed by atoms with Gasteiger partial charge in [-0.25, -0.2) is 8.42 Å². The summed E-state index contributed by atoms with van der Waals surface area (Å²) in [5.74, 6) is -0.253. The van der Waals surface area contributed by atoms with Crippen molar-refractivity contribution < 1.29 is 13.2 Å². The van der Waals surface area contributed by atoms with Gasteiger partial charge in [0.25, 0.3) is 0 Å². The van der Waals surface area contributed by atoms with Crippen molar-refractivity contribution in [2.75, 3.05) is 6.54 Å². The van der Waals surface area contributed by atoms with E-state index in [-0.39, 0.29) is 10.8 Å². The van der Waals surface area contributed by atoms with Crippen molar-refractivity contribution in [3.05, 3.63) is 29.8 Å². The second kappa shape index (κ2) is 5.07. The first-order valence-corrected chi connectivity index (χ1v) is 7.34. The molecule has 1 aromatic carbocycles. The Bertz CT molecular complexity index is 537. The summed E-state index contributed by atoms with van der Waals surface area (Å²) in [6.07, 6.45) is 1.32. The standard InChI is InChI=1S/C12H16N2O3S/c1-9-4-6-10(7-5-9)18(16,17)14-11-3-2-8-13-12(11)15/h4-7,11,14H,2-3,8H2,1H3,(H,13,15)/t11-/m1/s1. The maximum absolute atomic E-state index is 12.1. The van der Waals surface area contributed by atoms with Crippen molar-refractivity contribution in [2.24, 2.45) is 0 Å². The van der Waals surface area contributed by atoms with Crippen molar-refractivity contribution in [1.82, 2.24) is 10.0 Å². The fourth-order valence-electron chi connectivity index (χ4n) is 1.86. The van der Waals surface area contributed by atoms with E-state index in [0.29, 0.717) is 13.0 Å². The third-order valence-corrected chi connectivity index (χ3v) is 4.40. The van der Waals surface area contributed by atoms with Crippen LogP contribution in [0.3, 0.4) is 0 Å². The molecule has 1 atom stereocenters. The third-order valence-electron chi connectivity index (χ3n) is 2.91. The molecule has 2 rings (SSSR count). The molecule has 1 amide bonds. The summed E-state index contributed by atoms with van der Waals surface area (Å²) in [4.78, 5) is 11.7. The SMILES string of the molecule is Cc1ccc(S(=O)(=O)N[C@@H]2CCCNC2=O)cc1. The zero-order valence-electron chi connectivity index (χ0n) is 10.1. The molecule has 0 radical (unpaired) electrons. The molecule has 1 aliphatic rings. The number of hydrogen-bond acceptors (Lipinski definition) is 3. The lowest BCUT2D eigenvalue weighted by atomic mass is 10.1. The monoisotopic (exact) mass is 268 g/mol. The van der Waals surface area contributed by atoms with Crippen molar-refractivity contribution in [3.63, 3.8) is 0 Å². The molecule has 0 spiro atoms. The summed E-state index contributed by atoms with van der Waals surface area (Å²) in [5, 5.41) is 2.65. The second-order valence-electron chi connectivity index (χ2n) is 4.42. The third kappa shape index (κ3) is 2.88. The molecule has 1 aromatic rings. The van der Waals surface area contributed by atoms with Crippen molar-refractivity contribution in [3.8, 4) is 0 Å². The Balaban J connectivity index is 2.16. The number of nitrogens with one attached hydrogen (secondary N) is 2. The average molecular weight is 268 g/mol. The molecule has 0 aromatic heterocycles. The van der Waals surface area contributed by atoms with E-state index in [9.17, 15) is 13.2 Å². The Morgan fingerprint density at radius 2 is 1.94 bits per heavy atom. The topological polar surface area (TPSA) is 75.3 Å². The minimum atomic E-state index is -3.62. The van der Waals surface area contributed by atoms with Crippen LogP contribution in [-0.4, -0.2) is 26.9 Å². The Kier molecular flexibility index (Phi) is 3.68. The van der Waals surface area contributed by atoms with Crippen LogP contribution in [-0.2, 0) is 14.8 Å². The van der Waals surface area contributed by atoms with Crippen molar-refractivity contribution >= 4 is 15.9 Å². The van der Waals surface area contributed by atoms with Crippen LogP contribution in [0.1, 0.15) is 18.4 Å². The van der Waals surface area contributed by atoms with Crippen LogP contribution in [0.25, 0.3) is 0 Å². The maximum atomic E-state index is 12.1. The molecule has 1 fully saturated rings. The molecule has 0 aliphatic carbocycles. The van der Waals surface area contributed by atoms with Gasteiger partial charge in [-0.15, -0.1) is 0 Å². The number of amides is 1. The molecule has 0 bridgehead atoms. The Hall–Kier alpha value is -1.40. The van der Waals surface area contributed by atoms with Gasteiger partial charge in [0.15, 0.2) is 0 Å². The molecule has 1 heterocycles. The number of benzene rings is 1. The molecule has 2 N–H and O–H groups in total. The number of piperidine rings is 1. The van der Waals surface area contributed by atoms with Gasteiger partial charge in [-0.1, -0.05) is 17.7 Å². The molecule has 6 heteroatoms. The van der Waals surface area contributed by atoms with Gasteiger partial charge in [0, 0.05) is 6.54 Å². The van der Waals surface area contributed by atoms with Crippen LogP contribution in [0, 0.1) is 6.92 Å². The molecule has 18 heavy (non-hydrogen) atoms. The van der Waals surface area contributed by atoms with E-state index >= 15 is 0 Å². The van der Waals surface area contributed by atoms with Crippen LogP contribution in [0.15, 0.2) is 29.2 Å². The highest BCUT2D eigenvalue weighted by atomic mass is 32.2. The van der Waals surface area contributed by atoms with Crippen LogP contribution in [0.5, 0.6) is 0 Å². The largest absolute Gasteiger partial charge is 0.355 e. The van der Waals surface area contributed by atoms with Gasteiger partial charge >= 0.3 is 0 Å². The van der Waals surface area contributed by atoms with Crippen LogP contribution in [0.4, 0.5) is 0 Å². The first kappa shape index (κ1) is 13.0. The summed E-state index contributed by atoms with van der Waals surface area (Å²) in [7, 11) is -3.62. The van der Waals surface area contributed by atoms with Crippen LogP contribution >= 0.6 is 0 Å². The highest BCUT2D eigenvalue weighted by molar-refractivity contribution is 7.89. The second-order valence-corrected chi connectivity index (χ2v) is 6.13. The summed E-state index contributed by atoms with van der Waals surface area (Å²) in [5.41, 5.74) is 0.990. The number of carbonyl (C=O) groups excluding carboxylic acids is 1. The van der Waals surface area contributed by atoms with Gasteiger partial charge in [-0.05, 0) is 31.9 Å². The molecule has 0 unspecified atom stereocenters. The number of sulfonamides is 1. The minimum Gasteiger partial charge on any atom is -0.355 e. The van der Waals surface area contributed by atoms with Gasteiger partial charge in [-0.2, -0.15) is 4.72 Å². The summed E-state index contributed by atoms with van der Waals surface area (Å²) in [6.45, 7) is 2.50. The molecular formula is C12H16N2O3S. The maximum Gasteiger partial charge on any atom is 0.241 e. The Labute approximate surface area is 107 Å². The van der Waals surface area contributed by atoms with Gasteiger partial charge < -0.3 is 5.32 Å². The zero-order valence-corrected chi connectivity index (χ0v) is 11.0. The fraction of sp³-hybridized carbons (Fsp3) is 0.417. The first-order valence-electron chi connectivity index (χ1n) is 5.86. The van der Waals surface area contributed by atoms with E-state index in [1.165, 1.54) is 0 Å². The lowest BCUT2D eigenvalue weighted by Crippen LogP contribution is -2.50. The predicted octanol–water partition coefficient (Wildman–Crippen LogP) is 0.552. The smallest absolute Gasteiger partial charge is 0.241 e. The van der Waals surface area contributed by atoms with Crippen molar-refractivity contribution in [2.45, 2.75) is 30.7 Å². The number of aryl methyl sites for hydroxylation is 1. The van der Waals surface area contributed by atoms with Gasteiger partial charge in [0.05, 0.1) is 4.90 Å². The Morgan fingerprint density at radius 3 is 2.56 bits per heavy atom. The molecule has 1 aliphatic heterocycles. The average Bonchev–Trinajstić information content (AvgIpc) is 2.32. The predicted molar refractivity (Wildman–Crippen MR) is 67.5 cm³/mol. The first-order chi connectivity index (χ1) is 8.49. The van der Waals surface area contributed by atoms with Crippen LogP contribution in [0.2, 0.25) is 0 Å². The lowest BCUT2D eigenvalue weighted by Gasteiger charge is -2.22. The van der Waals surface area contributed by atoms with Gasteiger partial charge in [0.1, 0.15) is 6.04 Å². The van der Waals surface area contributed by atoms with E-state index in [4.69, 9.17) is 0 Å². The molecular weight excluding hydrogens is 252 g/mol. The molecule has 5 nitrogen and oxygen atoms in total. The van der Waals surface area contributed by atoms with E-state index in [1.54, 1.807) is 24.3 Å². The Morgan fingerprint density at radius 1 is 1.28 bits per heavy atom. The summed E-state index contributed by atoms with van der Waals surface area (Å²) >= 11 is 0. The highest BCUT2D eigenvalue weighted by Gasteiger charge is 2.27. The fourth-order valence-corrected chi connectivity index (χ4v) is 3.09. The van der Waals surface area contributed by atoms with Crippen LogP contribution < -0.4 is 10.0 Å². The normalized spacial score (nSPS) is 20.5. The number of carbonyl (C=O) groups is 1. The van der Waals surface area contributed by atoms with E-state index in [1.807, 2.05) is 6.92 Å². The number of hydrogen-bond donors (Lipinski definition) is 2. The van der Waals surface area contributed by atoms with Gasteiger partial charge in [-0.3, -0.25) is 4.79 Å². The summed E-state index contributed by atoms with van der Waals surface area (Å²) in [6, 6.07) is 5.88. The van der Waals surface area contributed by atoms with E-state index in [2.05, 4.69) is 10.0 Å². The van der Waals surface area contributed by atoms with Crippen molar-refractivity contribution in [1.29, 1.82) is 0 Å².